The number of fused-ring (bicyclic) bond motifs is 3. The molecule has 2 heterocycles. The number of rotatable bonds is 3. The molecule has 25 heavy (non-hydrogen) atoms. The van der Waals surface area contributed by atoms with Gasteiger partial charge in [-0.3, -0.25) is 9.59 Å². The molecule has 1 N–H and O–H groups in total. The van der Waals surface area contributed by atoms with Crippen molar-refractivity contribution >= 4 is 16.9 Å². The Hall–Kier alpha value is -2.56. The number of nitrogens with zero attached hydrogens (tertiary/aromatic N) is 1. The van der Waals surface area contributed by atoms with E-state index >= 15 is 0 Å². The van der Waals surface area contributed by atoms with Crippen molar-refractivity contribution in [2.75, 3.05) is 0 Å². The molecule has 2 aromatic rings. The number of carboxylic acids is 1. The highest BCUT2D eigenvalue weighted by Gasteiger charge is 2.41. The summed E-state index contributed by atoms with van der Waals surface area (Å²) in [4.78, 5) is 24.3. The molecule has 0 amide bonds. The van der Waals surface area contributed by atoms with E-state index in [4.69, 9.17) is 4.74 Å². The fourth-order valence-corrected chi connectivity index (χ4v) is 3.76. The van der Waals surface area contributed by atoms with Gasteiger partial charge in [0.05, 0.1) is 17.5 Å². The number of carboxylic acid groups (broad SMARTS) is 1. The van der Waals surface area contributed by atoms with Gasteiger partial charge in [-0.05, 0) is 39.3 Å². The number of ether oxygens (including phenoxy) is 1. The first-order valence-electron chi connectivity index (χ1n) is 8.39. The third kappa shape index (κ3) is 3.06. The maximum Gasteiger partial charge on any atom is 0.307 e. The molecule has 0 bridgehead atoms. The average Bonchev–Trinajstić information content (AvgIpc) is 2.50. The van der Waals surface area contributed by atoms with Crippen molar-refractivity contribution in [2.24, 2.45) is 7.05 Å². The molecule has 1 aliphatic rings. The predicted molar refractivity (Wildman–Crippen MR) is 97.3 cm³/mol. The summed E-state index contributed by atoms with van der Waals surface area (Å²) in [6, 6.07) is 7.57. The normalized spacial score (nSPS) is 22.2. The molecule has 0 aliphatic carbocycles. The number of allylic oxidation sites excluding steroid dienone is 2. The second-order valence-corrected chi connectivity index (χ2v) is 7.30. The fourth-order valence-electron chi connectivity index (χ4n) is 3.76. The van der Waals surface area contributed by atoms with Crippen LogP contribution >= 0.6 is 0 Å². The molecule has 132 valence electrons. The van der Waals surface area contributed by atoms with Gasteiger partial charge in [-0.15, -0.1) is 0 Å². The number of aryl methyl sites for hydroxylation is 1. The van der Waals surface area contributed by atoms with Gasteiger partial charge in [-0.1, -0.05) is 23.8 Å². The summed E-state index contributed by atoms with van der Waals surface area (Å²) in [7, 11) is 1.76. The van der Waals surface area contributed by atoms with Gasteiger partial charge in [0, 0.05) is 18.4 Å². The maximum atomic E-state index is 13.0. The number of benzene rings is 1. The van der Waals surface area contributed by atoms with Crippen molar-refractivity contribution in [3.8, 4) is 5.75 Å². The summed E-state index contributed by atoms with van der Waals surface area (Å²) in [6.07, 6.45) is 2.39. The van der Waals surface area contributed by atoms with Gasteiger partial charge >= 0.3 is 5.97 Å². The largest absolute Gasteiger partial charge is 0.486 e. The number of hydrogen-bond donors (Lipinski definition) is 1. The van der Waals surface area contributed by atoms with Crippen molar-refractivity contribution in [2.45, 2.75) is 45.1 Å². The van der Waals surface area contributed by atoms with Crippen LogP contribution in [0.3, 0.4) is 0 Å². The monoisotopic (exact) mass is 341 g/mol. The summed E-state index contributed by atoms with van der Waals surface area (Å²) >= 11 is 0. The van der Waals surface area contributed by atoms with Crippen molar-refractivity contribution in [3.05, 3.63) is 51.8 Å². The van der Waals surface area contributed by atoms with Crippen molar-refractivity contribution < 1.29 is 14.6 Å². The molecule has 2 atom stereocenters. The second-order valence-electron chi connectivity index (χ2n) is 7.30. The van der Waals surface area contributed by atoms with Crippen LogP contribution in [0.1, 0.15) is 45.1 Å². The van der Waals surface area contributed by atoms with Crippen LogP contribution in [-0.2, 0) is 11.8 Å². The van der Waals surface area contributed by atoms with Gasteiger partial charge in [0.1, 0.15) is 11.4 Å². The highest BCUT2D eigenvalue weighted by atomic mass is 16.5. The molecule has 0 saturated heterocycles. The highest BCUT2D eigenvalue weighted by Crippen LogP contribution is 2.44. The molecule has 1 aliphatic heterocycles. The summed E-state index contributed by atoms with van der Waals surface area (Å²) in [5.74, 6) is -0.548. The van der Waals surface area contributed by atoms with Crippen LogP contribution in [0.5, 0.6) is 5.75 Å². The van der Waals surface area contributed by atoms with E-state index in [1.807, 2.05) is 51.1 Å². The Balaban J connectivity index is 2.33. The van der Waals surface area contributed by atoms with E-state index in [-0.39, 0.29) is 17.9 Å². The minimum atomic E-state index is -0.907. The Labute approximate surface area is 146 Å². The number of aliphatic carboxylic acids is 1. The van der Waals surface area contributed by atoms with Crippen LogP contribution in [0.25, 0.3) is 10.9 Å². The summed E-state index contributed by atoms with van der Waals surface area (Å²) in [5.41, 5.74) is 1.54. The summed E-state index contributed by atoms with van der Waals surface area (Å²) in [5, 5.41) is 10.1. The maximum absolute atomic E-state index is 13.0. The first kappa shape index (κ1) is 17.3. The zero-order valence-electron chi connectivity index (χ0n) is 15.0. The van der Waals surface area contributed by atoms with Crippen LogP contribution in [0.15, 0.2) is 40.7 Å². The second kappa shape index (κ2) is 6.06. The smallest absolute Gasteiger partial charge is 0.307 e. The third-order valence-electron chi connectivity index (χ3n) is 4.72. The Kier molecular flexibility index (Phi) is 4.19. The van der Waals surface area contributed by atoms with E-state index in [0.717, 1.165) is 16.5 Å². The summed E-state index contributed by atoms with van der Waals surface area (Å²) < 4.78 is 7.81. The zero-order chi connectivity index (χ0) is 18.4. The number of carbonyl (C=O) groups is 1. The van der Waals surface area contributed by atoms with E-state index in [1.54, 1.807) is 11.6 Å². The molecule has 2 unspecified atom stereocenters. The van der Waals surface area contributed by atoms with Crippen LogP contribution in [-0.4, -0.2) is 21.2 Å². The lowest BCUT2D eigenvalue weighted by molar-refractivity contribution is -0.141. The molecule has 0 radical (unpaired) electrons. The zero-order valence-corrected chi connectivity index (χ0v) is 15.0. The topological polar surface area (TPSA) is 68.5 Å². The lowest BCUT2D eigenvalue weighted by atomic mass is 9.81. The molecule has 0 spiro atoms. The number of hydrogen-bond acceptors (Lipinski definition) is 3. The molecular weight excluding hydrogens is 318 g/mol. The van der Waals surface area contributed by atoms with Crippen LogP contribution in [0, 0.1) is 0 Å². The fraction of sp³-hybridized carbons (Fsp3) is 0.400. The number of aromatic nitrogens is 1. The highest BCUT2D eigenvalue weighted by molar-refractivity contribution is 5.87. The Morgan fingerprint density at radius 3 is 2.72 bits per heavy atom. The SMILES string of the molecule is CC(C)=CC1CC(C)(CC(=O)O)Oc2c1c(=O)n(C)c1ccccc21. The van der Waals surface area contributed by atoms with Crippen LogP contribution < -0.4 is 10.3 Å². The van der Waals surface area contributed by atoms with Gasteiger partial charge < -0.3 is 14.4 Å². The Morgan fingerprint density at radius 1 is 1.40 bits per heavy atom. The van der Waals surface area contributed by atoms with Gasteiger partial charge in [-0.25, -0.2) is 0 Å². The molecule has 5 heteroatoms. The Morgan fingerprint density at radius 2 is 2.08 bits per heavy atom. The third-order valence-corrected chi connectivity index (χ3v) is 4.72. The van der Waals surface area contributed by atoms with Gasteiger partial charge in [0.2, 0.25) is 0 Å². The number of pyridine rings is 1. The van der Waals surface area contributed by atoms with Crippen molar-refractivity contribution in [1.82, 2.24) is 4.57 Å². The van der Waals surface area contributed by atoms with Gasteiger partial charge in [-0.2, -0.15) is 0 Å². The van der Waals surface area contributed by atoms with Crippen LogP contribution in [0.4, 0.5) is 0 Å². The first-order chi connectivity index (χ1) is 11.7. The van der Waals surface area contributed by atoms with E-state index < -0.39 is 11.6 Å². The van der Waals surface area contributed by atoms with Gasteiger partial charge in [0.25, 0.3) is 5.56 Å². The molecular formula is C20H23NO4. The van der Waals surface area contributed by atoms with E-state index in [2.05, 4.69) is 0 Å². The quantitative estimate of drug-likeness (QED) is 0.866. The standard InChI is InChI=1S/C20H23NO4/c1-12(2)9-13-10-20(3,11-16(22)23)25-18-14-7-5-6-8-15(14)21(4)19(24)17(13)18/h5-9,13H,10-11H2,1-4H3,(H,22,23). The minimum absolute atomic E-state index is 0.0893. The number of para-hydroxylation sites is 1. The van der Waals surface area contributed by atoms with Gasteiger partial charge in [0.15, 0.2) is 0 Å². The first-order valence-corrected chi connectivity index (χ1v) is 8.39. The minimum Gasteiger partial charge on any atom is -0.486 e. The van der Waals surface area contributed by atoms with Crippen molar-refractivity contribution in [1.29, 1.82) is 0 Å². The van der Waals surface area contributed by atoms with Crippen molar-refractivity contribution in [3.63, 3.8) is 0 Å². The lowest BCUT2D eigenvalue weighted by Gasteiger charge is -2.39. The Bertz CT molecular complexity index is 937. The summed E-state index contributed by atoms with van der Waals surface area (Å²) in [6.45, 7) is 5.77. The molecule has 5 nitrogen and oxygen atoms in total. The molecule has 0 fully saturated rings. The molecule has 1 aromatic carbocycles. The van der Waals surface area contributed by atoms with Crippen LogP contribution in [0.2, 0.25) is 0 Å². The average molecular weight is 341 g/mol. The predicted octanol–water partition coefficient (Wildman–Crippen LogP) is 3.60. The lowest BCUT2D eigenvalue weighted by Crippen LogP contribution is -2.42. The van der Waals surface area contributed by atoms with E-state index in [1.165, 1.54) is 0 Å². The molecule has 3 rings (SSSR count). The van der Waals surface area contributed by atoms with E-state index in [0.29, 0.717) is 17.7 Å². The molecule has 1 aromatic heterocycles. The molecule has 0 saturated carbocycles. The van der Waals surface area contributed by atoms with E-state index in [9.17, 15) is 14.7 Å².